The summed E-state index contributed by atoms with van der Waals surface area (Å²) < 4.78 is 25.6. The number of hydrogen-bond acceptors (Lipinski definition) is 4. The predicted molar refractivity (Wildman–Crippen MR) is 145 cm³/mol. The zero-order valence-corrected chi connectivity index (χ0v) is 20.8. The van der Waals surface area contributed by atoms with Crippen LogP contribution in [0.5, 0.6) is 0 Å². The van der Waals surface area contributed by atoms with Crippen molar-refractivity contribution in [3.05, 3.63) is 150 Å². The first-order valence-electron chi connectivity index (χ1n) is 12.7. The lowest BCUT2D eigenvalue weighted by Crippen LogP contribution is -2.46. The lowest BCUT2D eigenvalue weighted by molar-refractivity contribution is -0.141. The Morgan fingerprint density at radius 2 is 1.03 bits per heavy atom. The first-order valence-corrected chi connectivity index (χ1v) is 12.7. The fourth-order valence-corrected chi connectivity index (χ4v) is 4.37. The van der Waals surface area contributed by atoms with Gasteiger partial charge >= 0.3 is 0 Å². The molecule has 0 aromatic heterocycles. The third kappa shape index (κ3) is 7.17. The lowest BCUT2D eigenvalue weighted by atomic mass is 10.0. The molecular formula is C33H32O4. The molecule has 0 spiro atoms. The van der Waals surface area contributed by atoms with Crippen LogP contribution in [-0.2, 0) is 38.8 Å². The average Bonchev–Trinajstić information content (AvgIpc) is 2.97. The number of ether oxygens (including phenoxy) is 4. The molecule has 0 saturated heterocycles. The van der Waals surface area contributed by atoms with Crippen LogP contribution >= 0.6 is 0 Å². The maximum Gasteiger partial charge on any atom is 0.151 e. The summed E-state index contributed by atoms with van der Waals surface area (Å²) >= 11 is 0. The fourth-order valence-electron chi connectivity index (χ4n) is 4.37. The summed E-state index contributed by atoms with van der Waals surface area (Å²) in [6.45, 7) is 1.83. The van der Waals surface area contributed by atoms with Crippen molar-refractivity contribution in [1.29, 1.82) is 0 Å². The Kier molecular flexibility index (Phi) is 8.79. The Morgan fingerprint density at radius 1 is 0.541 bits per heavy atom. The van der Waals surface area contributed by atoms with E-state index in [1.165, 1.54) is 0 Å². The van der Waals surface area contributed by atoms with Crippen molar-refractivity contribution in [2.24, 2.45) is 0 Å². The van der Waals surface area contributed by atoms with Crippen LogP contribution in [0.2, 0.25) is 0 Å². The first kappa shape index (κ1) is 25.0. The summed E-state index contributed by atoms with van der Waals surface area (Å²) in [5.74, 6) is 0.784. The molecule has 0 amide bonds. The predicted octanol–water partition coefficient (Wildman–Crippen LogP) is 6.81. The van der Waals surface area contributed by atoms with Crippen molar-refractivity contribution in [3.63, 3.8) is 0 Å². The van der Waals surface area contributed by atoms with Gasteiger partial charge in [0.25, 0.3) is 0 Å². The van der Waals surface area contributed by atoms with Crippen LogP contribution < -0.4 is 0 Å². The van der Waals surface area contributed by atoms with Crippen molar-refractivity contribution in [3.8, 4) is 0 Å². The van der Waals surface area contributed by atoms with E-state index >= 15 is 0 Å². The normalized spacial score (nSPS) is 19.1. The quantitative estimate of drug-likeness (QED) is 0.230. The maximum absolute atomic E-state index is 6.52. The standard InChI is InChI=1S/C33H32O4/c1-5-13-26(14-6-1)22-34-25-32-33(36-24-28-17-9-3-10-18-28)31(35-23-27-15-7-2-8-16-27)21-30(37-32)29-19-11-4-12-20-29/h1-21,31-33H,22-25H2/t31-,32-,33+/m1/s1. The third-order valence-electron chi connectivity index (χ3n) is 6.31. The molecule has 0 bridgehead atoms. The zero-order chi connectivity index (χ0) is 25.1. The van der Waals surface area contributed by atoms with E-state index in [0.29, 0.717) is 26.4 Å². The van der Waals surface area contributed by atoms with Gasteiger partial charge in [0.05, 0.1) is 26.4 Å². The molecule has 1 heterocycles. The van der Waals surface area contributed by atoms with Gasteiger partial charge in [-0.25, -0.2) is 0 Å². The summed E-state index contributed by atoms with van der Waals surface area (Å²) in [7, 11) is 0. The number of rotatable bonds is 11. The van der Waals surface area contributed by atoms with E-state index in [4.69, 9.17) is 18.9 Å². The summed E-state index contributed by atoms with van der Waals surface area (Å²) in [5.41, 5.74) is 4.34. The van der Waals surface area contributed by atoms with E-state index in [0.717, 1.165) is 28.0 Å². The average molecular weight is 493 g/mol. The van der Waals surface area contributed by atoms with Crippen LogP contribution in [0.15, 0.2) is 127 Å². The first-order chi connectivity index (χ1) is 18.3. The van der Waals surface area contributed by atoms with Crippen LogP contribution in [0.3, 0.4) is 0 Å². The molecule has 5 rings (SSSR count). The van der Waals surface area contributed by atoms with Crippen LogP contribution in [0.25, 0.3) is 5.76 Å². The van der Waals surface area contributed by atoms with Crippen LogP contribution in [0.1, 0.15) is 22.3 Å². The molecular weight excluding hydrogens is 460 g/mol. The Balaban J connectivity index is 1.38. The van der Waals surface area contributed by atoms with Crippen molar-refractivity contribution >= 4 is 5.76 Å². The molecule has 188 valence electrons. The smallest absolute Gasteiger partial charge is 0.151 e. The summed E-state index contributed by atoms with van der Waals surface area (Å²) in [5, 5.41) is 0. The number of hydrogen-bond donors (Lipinski definition) is 0. The van der Waals surface area contributed by atoms with Gasteiger partial charge in [-0.3, -0.25) is 0 Å². The molecule has 4 aromatic rings. The Hall–Kier alpha value is -3.70. The van der Waals surface area contributed by atoms with E-state index < -0.39 is 0 Å². The molecule has 1 aliphatic rings. The minimum Gasteiger partial charge on any atom is -0.485 e. The molecule has 1 aliphatic heterocycles. The van der Waals surface area contributed by atoms with Gasteiger partial charge in [0.1, 0.15) is 18.0 Å². The lowest BCUT2D eigenvalue weighted by Gasteiger charge is -2.37. The van der Waals surface area contributed by atoms with Crippen LogP contribution in [0.4, 0.5) is 0 Å². The van der Waals surface area contributed by atoms with Crippen LogP contribution in [-0.4, -0.2) is 24.9 Å². The molecule has 4 heteroatoms. The van der Waals surface area contributed by atoms with E-state index in [9.17, 15) is 0 Å². The summed E-state index contributed by atoms with van der Waals surface area (Å²) in [6.07, 6.45) is 1.06. The van der Waals surface area contributed by atoms with Gasteiger partial charge in [0, 0.05) is 5.56 Å². The van der Waals surface area contributed by atoms with Crippen molar-refractivity contribution < 1.29 is 18.9 Å². The molecule has 4 nitrogen and oxygen atoms in total. The molecule has 0 N–H and O–H groups in total. The monoisotopic (exact) mass is 492 g/mol. The molecule has 0 fully saturated rings. The zero-order valence-electron chi connectivity index (χ0n) is 20.8. The van der Waals surface area contributed by atoms with Crippen molar-refractivity contribution in [1.82, 2.24) is 0 Å². The van der Waals surface area contributed by atoms with E-state index in [2.05, 4.69) is 36.4 Å². The second kappa shape index (κ2) is 13.0. The topological polar surface area (TPSA) is 36.9 Å². The summed E-state index contributed by atoms with van der Waals surface area (Å²) in [6, 6.07) is 40.7. The van der Waals surface area contributed by atoms with Gasteiger partial charge < -0.3 is 18.9 Å². The van der Waals surface area contributed by atoms with Gasteiger partial charge in [-0.2, -0.15) is 0 Å². The molecule has 0 unspecified atom stereocenters. The Labute approximate surface area is 219 Å². The molecule has 0 aliphatic carbocycles. The second-order valence-electron chi connectivity index (χ2n) is 9.08. The SMILES string of the molecule is C1=C(c2ccccc2)O[C@H](COCc2ccccc2)[C@@H](OCc2ccccc2)[C@@H]1OCc1ccccc1. The summed E-state index contributed by atoms with van der Waals surface area (Å²) in [4.78, 5) is 0. The van der Waals surface area contributed by atoms with Gasteiger partial charge in [-0.1, -0.05) is 121 Å². The van der Waals surface area contributed by atoms with Gasteiger partial charge in [0.2, 0.25) is 0 Å². The minimum atomic E-state index is -0.341. The Morgan fingerprint density at radius 3 is 1.59 bits per heavy atom. The molecule has 4 aromatic carbocycles. The third-order valence-corrected chi connectivity index (χ3v) is 6.31. The highest BCUT2D eigenvalue weighted by Gasteiger charge is 2.37. The molecule has 37 heavy (non-hydrogen) atoms. The molecule has 0 radical (unpaired) electrons. The van der Waals surface area contributed by atoms with Crippen molar-refractivity contribution in [2.75, 3.05) is 6.61 Å². The Bertz CT molecular complexity index is 1230. The highest BCUT2D eigenvalue weighted by molar-refractivity contribution is 5.61. The fraction of sp³-hybridized carbons (Fsp3) is 0.212. The molecule has 0 saturated carbocycles. The number of benzene rings is 4. The molecule has 3 atom stereocenters. The maximum atomic E-state index is 6.52. The highest BCUT2D eigenvalue weighted by atomic mass is 16.6. The van der Waals surface area contributed by atoms with Gasteiger partial charge in [0.15, 0.2) is 6.10 Å². The second-order valence-corrected chi connectivity index (χ2v) is 9.08. The van der Waals surface area contributed by atoms with E-state index in [1.54, 1.807) is 0 Å². The van der Waals surface area contributed by atoms with Crippen molar-refractivity contribution in [2.45, 2.75) is 38.1 Å². The minimum absolute atomic E-state index is 0.307. The van der Waals surface area contributed by atoms with E-state index in [1.807, 2.05) is 91.0 Å². The highest BCUT2D eigenvalue weighted by Crippen LogP contribution is 2.30. The van der Waals surface area contributed by atoms with Gasteiger partial charge in [-0.15, -0.1) is 0 Å². The largest absolute Gasteiger partial charge is 0.485 e. The van der Waals surface area contributed by atoms with Crippen LogP contribution in [0, 0.1) is 0 Å². The van der Waals surface area contributed by atoms with Gasteiger partial charge in [-0.05, 0) is 22.8 Å². The van der Waals surface area contributed by atoms with E-state index in [-0.39, 0.29) is 18.3 Å².